The van der Waals surface area contributed by atoms with E-state index in [2.05, 4.69) is 133 Å². The normalized spacial score (nSPS) is 18.8. The molecule has 0 saturated carbocycles. The highest BCUT2D eigenvalue weighted by atomic mass is 14.3. The molecule has 0 radical (unpaired) electrons. The zero-order chi connectivity index (χ0) is 22.5. The molecule has 0 spiro atoms. The Kier molecular flexibility index (Phi) is 4.38. The Morgan fingerprint density at radius 3 is 1.29 bits per heavy atom. The van der Waals surface area contributed by atoms with E-state index in [0.29, 0.717) is 11.8 Å². The maximum atomic E-state index is 2.41. The van der Waals surface area contributed by atoms with Crippen LogP contribution >= 0.6 is 0 Å². The van der Waals surface area contributed by atoms with Crippen molar-refractivity contribution in [3.05, 3.63) is 155 Å². The Morgan fingerprint density at radius 2 is 0.794 bits per heavy atom. The van der Waals surface area contributed by atoms with Gasteiger partial charge < -0.3 is 0 Å². The fourth-order valence-electron chi connectivity index (χ4n) is 6.04. The summed E-state index contributed by atoms with van der Waals surface area (Å²) in [5, 5.41) is 7.93. The molecular weight excluding hydrogens is 408 g/mol. The second-order valence-electron chi connectivity index (χ2n) is 9.25. The van der Waals surface area contributed by atoms with E-state index in [1.165, 1.54) is 54.3 Å². The molecule has 2 aliphatic carbocycles. The maximum absolute atomic E-state index is 2.41. The van der Waals surface area contributed by atoms with Crippen LogP contribution in [0.2, 0.25) is 0 Å². The van der Waals surface area contributed by atoms with Crippen molar-refractivity contribution < 1.29 is 0 Å². The smallest absolute Gasteiger partial charge is 0.0137 e. The molecule has 5 aromatic carbocycles. The molecule has 0 saturated heterocycles. The zero-order valence-electron chi connectivity index (χ0n) is 18.9. The molecule has 160 valence electrons. The van der Waals surface area contributed by atoms with Crippen molar-refractivity contribution in [2.45, 2.75) is 0 Å². The van der Waals surface area contributed by atoms with Gasteiger partial charge in [-0.1, -0.05) is 133 Å². The second kappa shape index (κ2) is 7.71. The Bertz CT molecular complexity index is 1620. The van der Waals surface area contributed by atoms with Gasteiger partial charge in [0.15, 0.2) is 0 Å². The van der Waals surface area contributed by atoms with Crippen molar-refractivity contribution in [2.75, 3.05) is 0 Å². The van der Waals surface area contributed by atoms with Crippen LogP contribution < -0.4 is 10.4 Å². The highest BCUT2D eigenvalue weighted by Gasteiger charge is 2.32. The first-order chi connectivity index (χ1) is 16.9. The molecule has 34 heavy (non-hydrogen) atoms. The van der Waals surface area contributed by atoms with Gasteiger partial charge in [-0.3, -0.25) is 0 Å². The highest BCUT2D eigenvalue weighted by Crippen LogP contribution is 2.42. The predicted octanol–water partition coefficient (Wildman–Crippen LogP) is 6.76. The second-order valence-corrected chi connectivity index (χ2v) is 9.25. The van der Waals surface area contributed by atoms with Crippen molar-refractivity contribution in [3.63, 3.8) is 0 Å². The number of hydrogen-bond donors (Lipinski definition) is 0. The Labute approximate surface area is 199 Å². The molecule has 2 unspecified atom stereocenters. The average molecular weight is 433 g/mol. The van der Waals surface area contributed by atoms with Crippen molar-refractivity contribution in [1.82, 2.24) is 0 Å². The molecule has 0 aromatic heterocycles. The van der Waals surface area contributed by atoms with Crippen LogP contribution in [0.25, 0.3) is 32.7 Å². The van der Waals surface area contributed by atoms with Gasteiger partial charge >= 0.3 is 0 Å². The summed E-state index contributed by atoms with van der Waals surface area (Å²) in [6.07, 6.45) is 9.26. The average Bonchev–Trinajstić information content (AvgIpc) is 2.91. The lowest BCUT2D eigenvalue weighted by Gasteiger charge is -2.34. The predicted molar refractivity (Wildman–Crippen MR) is 144 cm³/mol. The molecule has 0 amide bonds. The van der Waals surface area contributed by atoms with Crippen LogP contribution in [0.5, 0.6) is 0 Å². The topological polar surface area (TPSA) is 0 Å². The number of allylic oxidation sites excluding steroid dienone is 4. The van der Waals surface area contributed by atoms with Crippen molar-refractivity contribution in [1.29, 1.82) is 0 Å². The maximum Gasteiger partial charge on any atom is 0.0137 e. The standard InChI is InChI=1S/C34H24/c1-3-15-25-23(11-1)13-9-21-27(25)33-29-17-5-7-19-31(29)34(32-20-8-6-18-30(32)33)28-22-10-14-24-12-2-4-16-26(24)28/h1-22,29,31H. The quantitative estimate of drug-likeness (QED) is 0.289. The largest absolute Gasteiger partial charge is 0.0760 e. The third-order valence-corrected chi connectivity index (χ3v) is 7.47. The molecule has 0 heteroatoms. The fraction of sp³-hybridized carbons (Fsp3) is 0.0588. The summed E-state index contributed by atoms with van der Waals surface area (Å²) in [4.78, 5) is 0. The minimum atomic E-state index is 0.291. The molecule has 0 N–H and O–H groups in total. The Balaban J connectivity index is 1.67. The van der Waals surface area contributed by atoms with Crippen LogP contribution in [-0.4, -0.2) is 0 Å². The van der Waals surface area contributed by atoms with Gasteiger partial charge in [-0.15, -0.1) is 0 Å². The number of fused-ring (bicyclic) bond motifs is 4. The van der Waals surface area contributed by atoms with Gasteiger partial charge in [0.1, 0.15) is 0 Å². The van der Waals surface area contributed by atoms with Crippen molar-refractivity contribution >= 4 is 32.7 Å². The Morgan fingerprint density at radius 1 is 0.382 bits per heavy atom. The third-order valence-electron chi connectivity index (χ3n) is 7.47. The molecule has 0 nitrogen and oxygen atoms in total. The van der Waals surface area contributed by atoms with E-state index in [9.17, 15) is 0 Å². The monoisotopic (exact) mass is 432 g/mol. The molecule has 0 bridgehead atoms. The summed E-state index contributed by atoms with van der Waals surface area (Å²) in [5.41, 5.74) is 5.55. The summed E-state index contributed by atoms with van der Waals surface area (Å²) in [7, 11) is 0. The molecule has 0 heterocycles. The SMILES string of the molecule is C1=CC2C(c3cccc4ccccc34)=c3ccccc3=C(c3cccc4ccccc34)C2C=C1. The van der Waals surface area contributed by atoms with E-state index in [0.717, 1.165) is 0 Å². The van der Waals surface area contributed by atoms with E-state index >= 15 is 0 Å². The summed E-state index contributed by atoms with van der Waals surface area (Å²) >= 11 is 0. The molecule has 2 aliphatic rings. The van der Waals surface area contributed by atoms with Gasteiger partial charge in [0.25, 0.3) is 0 Å². The van der Waals surface area contributed by atoms with Crippen LogP contribution in [0, 0.1) is 11.8 Å². The van der Waals surface area contributed by atoms with E-state index in [4.69, 9.17) is 0 Å². The third kappa shape index (κ3) is 2.85. The van der Waals surface area contributed by atoms with E-state index in [-0.39, 0.29) is 0 Å². The van der Waals surface area contributed by atoms with Crippen molar-refractivity contribution in [3.8, 4) is 0 Å². The van der Waals surface area contributed by atoms with Gasteiger partial charge in [-0.25, -0.2) is 0 Å². The van der Waals surface area contributed by atoms with Gasteiger partial charge in [-0.2, -0.15) is 0 Å². The summed E-state index contributed by atoms with van der Waals surface area (Å²) in [6, 6.07) is 40.0. The number of benzene rings is 5. The first-order valence-corrected chi connectivity index (χ1v) is 12.0. The highest BCUT2D eigenvalue weighted by molar-refractivity contribution is 5.98. The molecular formula is C34H24. The molecule has 2 atom stereocenters. The summed E-state index contributed by atoms with van der Waals surface area (Å²) < 4.78 is 0. The molecule has 0 fully saturated rings. The number of rotatable bonds is 2. The first kappa shape index (κ1) is 19.3. The van der Waals surface area contributed by atoms with E-state index in [1.807, 2.05) is 0 Å². The summed E-state index contributed by atoms with van der Waals surface area (Å²) in [6.45, 7) is 0. The van der Waals surface area contributed by atoms with Gasteiger partial charge in [0, 0.05) is 11.8 Å². The zero-order valence-corrected chi connectivity index (χ0v) is 18.9. The van der Waals surface area contributed by atoms with E-state index in [1.54, 1.807) is 0 Å². The van der Waals surface area contributed by atoms with Crippen LogP contribution in [0.3, 0.4) is 0 Å². The van der Waals surface area contributed by atoms with E-state index < -0.39 is 0 Å². The molecule has 5 aromatic rings. The molecule has 0 aliphatic heterocycles. The molecule has 7 rings (SSSR count). The fourth-order valence-corrected chi connectivity index (χ4v) is 6.04. The van der Waals surface area contributed by atoms with Crippen LogP contribution in [0.1, 0.15) is 11.1 Å². The number of hydrogen-bond acceptors (Lipinski definition) is 0. The van der Waals surface area contributed by atoms with Gasteiger partial charge in [0.2, 0.25) is 0 Å². The lowest BCUT2D eigenvalue weighted by molar-refractivity contribution is 0.687. The lowest BCUT2D eigenvalue weighted by atomic mass is 9.69. The van der Waals surface area contributed by atoms with Gasteiger partial charge in [-0.05, 0) is 54.3 Å². The van der Waals surface area contributed by atoms with Crippen LogP contribution in [0.15, 0.2) is 133 Å². The first-order valence-electron chi connectivity index (χ1n) is 12.0. The summed E-state index contributed by atoms with van der Waals surface area (Å²) in [5.74, 6) is 0.583. The van der Waals surface area contributed by atoms with Crippen LogP contribution in [-0.2, 0) is 0 Å². The lowest BCUT2D eigenvalue weighted by Crippen LogP contribution is -2.40. The minimum Gasteiger partial charge on any atom is -0.0760 e. The van der Waals surface area contributed by atoms with Crippen molar-refractivity contribution in [2.24, 2.45) is 11.8 Å². The van der Waals surface area contributed by atoms with Gasteiger partial charge in [0.05, 0.1) is 0 Å². The Hall–Kier alpha value is -4.16. The minimum absolute atomic E-state index is 0.291. The van der Waals surface area contributed by atoms with Crippen LogP contribution in [0.4, 0.5) is 0 Å².